The molecule has 128 valence electrons. The van der Waals surface area contributed by atoms with E-state index in [0.29, 0.717) is 39.1 Å². The molecular weight excluding hydrogens is 326 g/mol. The van der Waals surface area contributed by atoms with E-state index >= 15 is 0 Å². The van der Waals surface area contributed by atoms with E-state index in [2.05, 4.69) is 10.2 Å². The molecule has 1 saturated carbocycles. The lowest BCUT2D eigenvalue weighted by Crippen LogP contribution is -2.56. The minimum atomic E-state index is -0.472. The van der Waals surface area contributed by atoms with Gasteiger partial charge in [-0.1, -0.05) is 23.7 Å². The Kier molecular flexibility index (Phi) is 4.01. The van der Waals surface area contributed by atoms with Crippen molar-refractivity contribution in [2.75, 3.05) is 19.8 Å². The van der Waals surface area contributed by atoms with E-state index in [1.807, 2.05) is 29.2 Å². The SMILES string of the molecule is O=C(C1CC1)N1CCC2(CC1)C(=O)NCN2Cc1ccc(Cl)cc1. The summed E-state index contributed by atoms with van der Waals surface area (Å²) in [5.74, 6) is 0.643. The number of likely N-dealkylation sites (tertiary alicyclic amines) is 1. The summed E-state index contributed by atoms with van der Waals surface area (Å²) < 4.78 is 0. The Labute approximate surface area is 146 Å². The van der Waals surface area contributed by atoms with Gasteiger partial charge in [0.25, 0.3) is 0 Å². The molecule has 1 spiro atoms. The van der Waals surface area contributed by atoms with E-state index in [0.717, 1.165) is 23.4 Å². The fourth-order valence-corrected chi connectivity index (χ4v) is 4.00. The van der Waals surface area contributed by atoms with Crippen LogP contribution in [-0.2, 0) is 16.1 Å². The second kappa shape index (κ2) is 6.05. The lowest BCUT2D eigenvalue weighted by atomic mass is 9.85. The number of hydrogen-bond acceptors (Lipinski definition) is 3. The maximum Gasteiger partial charge on any atom is 0.241 e. The van der Waals surface area contributed by atoms with Gasteiger partial charge in [-0.2, -0.15) is 0 Å². The van der Waals surface area contributed by atoms with Crippen molar-refractivity contribution in [1.82, 2.24) is 15.1 Å². The molecule has 2 saturated heterocycles. The fourth-order valence-electron chi connectivity index (χ4n) is 3.87. The molecular formula is C18H22ClN3O2. The molecule has 3 aliphatic rings. The second-order valence-corrected chi connectivity index (χ2v) is 7.56. The van der Waals surface area contributed by atoms with Crippen molar-refractivity contribution >= 4 is 23.4 Å². The van der Waals surface area contributed by atoms with Crippen LogP contribution in [0.4, 0.5) is 0 Å². The van der Waals surface area contributed by atoms with Gasteiger partial charge in [-0.3, -0.25) is 14.5 Å². The molecule has 2 amide bonds. The first-order valence-corrected chi connectivity index (χ1v) is 9.03. The number of nitrogens with zero attached hydrogens (tertiary/aromatic N) is 2. The van der Waals surface area contributed by atoms with Gasteiger partial charge in [-0.25, -0.2) is 0 Å². The van der Waals surface area contributed by atoms with Gasteiger partial charge in [0.1, 0.15) is 5.54 Å². The summed E-state index contributed by atoms with van der Waals surface area (Å²) in [5.41, 5.74) is 0.673. The standard InChI is InChI=1S/C18H22ClN3O2/c19-15-5-1-13(2-6-15)11-22-12-20-17(24)18(22)7-9-21(10-8-18)16(23)14-3-4-14/h1-2,5-6,14H,3-4,7-12H2,(H,20,24). The molecule has 0 aromatic heterocycles. The second-order valence-electron chi connectivity index (χ2n) is 7.12. The largest absolute Gasteiger partial charge is 0.342 e. The molecule has 3 fully saturated rings. The van der Waals surface area contributed by atoms with Crippen molar-refractivity contribution in [2.24, 2.45) is 5.92 Å². The van der Waals surface area contributed by atoms with Crippen molar-refractivity contribution in [2.45, 2.75) is 37.8 Å². The predicted octanol–water partition coefficient (Wildman–Crippen LogP) is 2.00. The first-order valence-electron chi connectivity index (χ1n) is 8.65. The zero-order chi connectivity index (χ0) is 16.7. The molecule has 4 rings (SSSR count). The number of amides is 2. The van der Waals surface area contributed by atoms with Gasteiger partial charge in [0, 0.05) is 30.6 Å². The van der Waals surface area contributed by atoms with Gasteiger partial charge in [-0.05, 0) is 43.4 Å². The molecule has 0 atom stereocenters. The van der Waals surface area contributed by atoms with Crippen LogP contribution in [0.1, 0.15) is 31.2 Å². The van der Waals surface area contributed by atoms with E-state index in [4.69, 9.17) is 11.6 Å². The van der Waals surface area contributed by atoms with Crippen LogP contribution in [0.5, 0.6) is 0 Å². The van der Waals surface area contributed by atoms with Crippen molar-refractivity contribution in [3.05, 3.63) is 34.9 Å². The van der Waals surface area contributed by atoms with E-state index in [9.17, 15) is 9.59 Å². The number of rotatable bonds is 3. The number of benzene rings is 1. The van der Waals surface area contributed by atoms with E-state index < -0.39 is 5.54 Å². The first-order chi connectivity index (χ1) is 11.6. The van der Waals surface area contributed by atoms with Gasteiger partial charge in [0.15, 0.2) is 0 Å². The van der Waals surface area contributed by atoms with Gasteiger partial charge in [0.05, 0.1) is 6.67 Å². The third-order valence-corrected chi connectivity index (χ3v) is 5.83. The lowest BCUT2D eigenvalue weighted by Gasteiger charge is -2.42. The Balaban J connectivity index is 1.46. The summed E-state index contributed by atoms with van der Waals surface area (Å²) >= 11 is 5.95. The van der Waals surface area contributed by atoms with Crippen LogP contribution in [0, 0.1) is 5.92 Å². The summed E-state index contributed by atoms with van der Waals surface area (Å²) in [6.45, 7) is 2.64. The molecule has 6 heteroatoms. The van der Waals surface area contributed by atoms with Crippen LogP contribution in [0.15, 0.2) is 24.3 Å². The highest BCUT2D eigenvalue weighted by molar-refractivity contribution is 6.30. The molecule has 1 aliphatic carbocycles. The molecule has 0 unspecified atom stereocenters. The molecule has 1 N–H and O–H groups in total. The Hall–Kier alpha value is -1.59. The van der Waals surface area contributed by atoms with Crippen molar-refractivity contribution in [3.8, 4) is 0 Å². The van der Waals surface area contributed by atoms with Crippen LogP contribution in [0.25, 0.3) is 0 Å². The summed E-state index contributed by atoms with van der Waals surface area (Å²) in [6.07, 6.45) is 3.49. The van der Waals surface area contributed by atoms with Gasteiger partial charge >= 0.3 is 0 Å². The monoisotopic (exact) mass is 347 g/mol. The molecule has 5 nitrogen and oxygen atoms in total. The zero-order valence-corrected chi connectivity index (χ0v) is 14.4. The van der Waals surface area contributed by atoms with Gasteiger partial charge in [-0.15, -0.1) is 0 Å². The highest BCUT2D eigenvalue weighted by atomic mass is 35.5. The summed E-state index contributed by atoms with van der Waals surface area (Å²) in [5, 5.41) is 3.72. The minimum absolute atomic E-state index is 0.106. The summed E-state index contributed by atoms with van der Waals surface area (Å²) in [4.78, 5) is 29.0. The number of carbonyl (C=O) groups excluding carboxylic acids is 2. The summed E-state index contributed by atoms with van der Waals surface area (Å²) in [6, 6.07) is 7.77. The number of piperidine rings is 1. The smallest absolute Gasteiger partial charge is 0.241 e. The third-order valence-electron chi connectivity index (χ3n) is 5.57. The highest BCUT2D eigenvalue weighted by Gasteiger charge is 2.51. The first kappa shape index (κ1) is 15.9. The average Bonchev–Trinajstić information content (AvgIpc) is 3.40. The Morgan fingerprint density at radius 1 is 1.21 bits per heavy atom. The Bertz CT molecular complexity index is 649. The quantitative estimate of drug-likeness (QED) is 0.910. The fraction of sp³-hybridized carbons (Fsp3) is 0.556. The molecule has 0 bridgehead atoms. The Morgan fingerprint density at radius 2 is 1.88 bits per heavy atom. The van der Waals surface area contributed by atoms with E-state index in [1.54, 1.807) is 0 Å². The normalized spacial score (nSPS) is 23.5. The Morgan fingerprint density at radius 3 is 2.50 bits per heavy atom. The molecule has 1 aromatic carbocycles. The number of halogens is 1. The van der Waals surface area contributed by atoms with Crippen LogP contribution < -0.4 is 5.32 Å². The molecule has 24 heavy (non-hydrogen) atoms. The third kappa shape index (κ3) is 2.80. The molecule has 1 aromatic rings. The van der Waals surface area contributed by atoms with E-state index in [-0.39, 0.29) is 17.7 Å². The zero-order valence-electron chi connectivity index (χ0n) is 13.6. The topological polar surface area (TPSA) is 52.7 Å². The van der Waals surface area contributed by atoms with Gasteiger partial charge in [0.2, 0.25) is 11.8 Å². The van der Waals surface area contributed by atoms with Crippen LogP contribution in [0.3, 0.4) is 0 Å². The van der Waals surface area contributed by atoms with Crippen LogP contribution in [-0.4, -0.2) is 46.9 Å². The summed E-state index contributed by atoms with van der Waals surface area (Å²) in [7, 11) is 0. The van der Waals surface area contributed by atoms with Crippen LogP contribution in [0.2, 0.25) is 5.02 Å². The van der Waals surface area contributed by atoms with Crippen molar-refractivity contribution in [1.29, 1.82) is 0 Å². The number of carbonyl (C=O) groups is 2. The van der Waals surface area contributed by atoms with Gasteiger partial charge < -0.3 is 10.2 Å². The number of nitrogens with one attached hydrogen (secondary N) is 1. The maximum atomic E-state index is 12.6. The lowest BCUT2D eigenvalue weighted by molar-refractivity contribution is -0.139. The number of hydrogen-bond donors (Lipinski definition) is 1. The van der Waals surface area contributed by atoms with Crippen molar-refractivity contribution in [3.63, 3.8) is 0 Å². The predicted molar refractivity (Wildman–Crippen MR) is 91.3 cm³/mol. The average molecular weight is 348 g/mol. The maximum absolute atomic E-state index is 12.6. The molecule has 2 aliphatic heterocycles. The highest BCUT2D eigenvalue weighted by Crippen LogP contribution is 2.37. The van der Waals surface area contributed by atoms with E-state index in [1.165, 1.54) is 0 Å². The molecule has 2 heterocycles. The van der Waals surface area contributed by atoms with Crippen molar-refractivity contribution < 1.29 is 9.59 Å². The van der Waals surface area contributed by atoms with Crippen LogP contribution >= 0.6 is 11.6 Å². The minimum Gasteiger partial charge on any atom is -0.342 e. The molecule has 0 radical (unpaired) electrons.